The lowest BCUT2D eigenvalue weighted by Gasteiger charge is -2.24. The van der Waals surface area contributed by atoms with Crippen molar-refractivity contribution in [3.63, 3.8) is 0 Å². The summed E-state index contributed by atoms with van der Waals surface area (Å²) in [6.07, 6.45) is 1.46. The van der Waals surface area contributed by atoms with Crippen LogP contribution >= 0.6 is 0 Å². The molecule has 2 N–H and O–H groups in total. The first-order valence-corrected chi connectivity index (χ1v) is 3.37. The van der Waals surface area contributed by atoms with Gasteiger partial charge in [0.2, 0.25) is 0 Å². The first-order valence-electron chi connectivity index (χ1n) is 3.37. The molecule has 0 radical (unpaired) electrons. The molecule has 1 rings (SSSR count). The predicted molar refractivity (Wildman–Crippen MR) is 33.7 cm³/mol. The third-order valence-electron chi connectivity index (χ3n) is 1.75. The Labute approximate surface area is 59.0 Å². The minimum absolute atomic E-state index is 0.273. The molecular weight excluding hydrogens is 134 g/mol. The van der Waals surface area contributed by atoms with E-state index >= 15 is 0 Å². The molecule has 10 heavy (non-hydrogen) atoms. The molecule has 0 amide bonds. The second kappa shape index (κ2) is 2.98. The van der Waals surface area contributed by atoms with Crippen LogP contribution < -0.4 is 0 Å². The molecule has 1 saturated heterocycles. The van der Waals surface area contributed by atoms with Crippen molar-refractivity contribution in [1.82, 2.24) is 5.06 Å². The Kier molecular flexibility index (Phi) is 2.24. The van der Waals surface area contributed by atoms with E-state index in [0.29, 0.717) is 13.0 Å². The third kappa shape index (κ3) is 1.68. The van der Waals surface area contributed by atoms with Crippen molar-refractivity contribution in [3.05, 3.63) is 0 Å². The molecule has 1 aliphatic heterocycles. The molecule has 1 atom stereocenters. The highest BCUT2D eigenvalue weighted by Gasteiger charge is 2.23. The highest BCUT2D eigenvalue weighted by Crippen LogP contribution is 2.14. The van der Waals surface area contributed by atoms with Crippen molar-refractivity contribution in [3.8, 4) is 0 Å². The molecule has 0 aromatic heterocycles. The monoisotopic (exact) mass is 145 g/mol. The Balaban J connectivity index is 2.39. The van der Waals surface area contributed by atoms with Crippen LogP contribution in [0.5, 0.6) is 0 Å². The Hall–Kier alpha value is -0.610. The van der Waals surface area contributed by atoms with E-state index in [0.717, 1.165) is 11.5 Å². The third-order valence-corrected chi connectivity index (χ3v) is 1.75. The number of hydrogen-bond donors (Lipinski definition) is 2. The fourth-order valence-electron chi connectivity index (χ4n) is 1.16. The quantitative estimate of drug-likeness (QED) is 0.552. The number of piperidine rings is 1. The summed E-state index contributed by atoms with van der Waals surface area (Å²) >= 11 is 0. The van der Waals surface area contributed by atoms with Crippen molar-refractivity contribution >= 4 is 5.97 Å². The summed E-state index contributed by atoms with van der Waals surface area (Å²) in [6.45, 7) is 0.874. The van der Waals surface area contributed by atoms with Gasteiger partial charge in [0.15, 0.2) is 0 Å². The van der Waals surface area contributed by atoms with Gasteiger partial charge in [0, 0.05) is 13.1 Å². The number of carboxylic acids is 1. The molecule has 1 heterocycles. The molecule has 1 aliphatic rings. The first kappa shape index (κ1) is 7.50. The maximum atomic E-state index is 10.4. The Morgan fingerprint density at radius 1 is 1.60 bits per heavy atom. The van der Waals surface area contributed by atoms with Crippen LogP contribution in [0.4, 0.5) is 0 Å². The van der Waals surface area contributed by atoms with E-state index in [2.05, 4.69) is 0 Å². The van der Waals surface area contributed by atoms with Crippen molar-refractivity contribution in [2.24, 2.45) is 5.92 Å². The van der Waals surface area contributed by atoms with E-state index in [-0.39, 0.29) is 12.5 Å². The largest absolute Gasteiger partial charge is 0.481 e. The lowest BCUT2D eigenvalue weighted by molar-refractivity contribution is -0.156. The zero-order valence-corrected chi connectivity index (χ0v) is 5.66. The smallest absolute Gasteiger partial charge is 0.307 e. The predicted octanol–water partition coefficient (Wildman–Crippen LogP) is 0.172. The summed E-state index contributed by atoms with van der Waals surface area (Å²) in [5.74, 6) is -1.18. The molecule has 0 aromatic rings. The average Bonchev–Trinajstić information content (AvgIpc) is 1.88. The molecule has 1 unspecified atom stereocenters. The molecule has 0 aliphatic carbocycles. The molecule has 1 fully saturated rings. The van der Waals surface area contributed by atoms with Crippen LogP contribution in [-0.2, 0) is 4.79 Å². The summed E-state index contributed by atoms with van der Waals surface area (Å²) < 4.78 is 0. The minimum Gasteiger partial charge on any atom is -0.481 e. The number of hydrogen-bond acceptors (Lipinski definition) is 3. The normalized spacial score (nSPS) is 28.3. The Morgan fingerprint density at radius 2 is 2.30 bits per heavy atom. The van der Waals surface area contributed by atoms with Gasteiger partial charge in [-0.15, -0.1) is 0 Å². The average molecular weight is 145 g/mol. The fraction of sp³-hybridized carbons (Fsp3) is 0.833. The van der Waals surface area contributed by atoms with Gasteiger partial charge in [0.1, 0.15) is 0 Å². The molecule has 0 spiro atoms. The molecular formula is C6H11NO3. The maximum absolute atomic E-state index is 10.4. The Bertz CT molecular complexity index is 137. The summed E-state index contributed by atoms with van der Waals surface area (Å²) in [5, 5.41) is 18.5. The zero-order chi connectivity index (χ0) is 7.56. The molecule has 0 aromatic carbocycles. The van der Waals surface area contributed by atoms with Crippen molar-refractivity contribution in [2.45, 2.75) is 12.8 Å². The number of nitrogens with zero attached hydrogens (tertiary/aromatic N) is 1. The van der Waals surface area contributed by atoms with Gasteiger partial charge in [-0.1, -0.05) is 0 Å². The number of carbonyl (C=O) groups is 1. The summed E-state index contributed by atoms with van der Waals surface area (Å²) in [7, 11) is 0. The Morgan fingerprint density at radius 3 is 2.70 bits per heavy atom. The lowest BCUT2D eigenvalue weighted by atomic mass is 10.00. The fourth-order valence-corrected chi connectivity index (χ4v) is 1.16. The van der Waals surface area contributed by atoms with E-state index in [1.165, 1.54) is 0 Å². The van der Waals surface area contributed by atoms with Crippen LogP contribution in [0.1, 0.15) is 12.8 Å². The van der Waals surface area contributed by atoms with E-state index in [1.54, 1.807) is 0 Å². The second-order valence-corrected chi connectivity index (χ2v) is 2.59. The van der Waals surface area contributed by atoms with Crippen LogP contribution in [-0.4, -0.2) is 34.4 Å². The van der Waals surface area contributed by atoms with Crippen LogP contribution in [0.3, 0.4) is 0 Å². The van der Waals surface area contributed by atoms with Crippen molar-refractivity contribution in [1.29, 1.82) is 0 Å². The van der Waals surface area contributed by atoms with E-state index in [4.69, 9.17) is 10.3 Å². The van der Waals surface area contributed by atoms with Gasteiger partial charge in [0.25, 0.3) is 0 Å². The highest BCUT2D eigenvalue weighted by molar-refractivity contribution is 5.70. The topological polar surface area (TPSA) is 60.8 Å². The minimum atomic E-state index is -0.807. The molecule has 0 bridgehead atoms. The SMILES string of the molecule is O=C(O)C1CCCN(O)C1. The van der Waals surface area contributed by atoms with Crippen molar-refractivity contribution < 1.29 is 15.1 Å². The summed E-state index contributed by atoms with van der Waals surface area (Å²) in [6, 6.07) is 0. The van der Waals surface area contributed by atoms with Crippen LogP contribution in [0.25, 0.3) is 0 Å². The number of carboxylic acid groups (broad SMARTS) is 1. The van der Waals surface area contributed by atoms with Gasteiger partial charge in [-0.2, -0.15) is 5.06 Å². The molecule has 0 saturated carbocycles. The summed E-state index contributed by atoms with van der Waals surface area (Å²) in [4.78, 5) is 10.4. The first-order chi connectivity index (χ1) is 4.70. The number of hydroxylamine groups is 2. The van der Waals surface area contributed by atoms with Crippen LogP contribution in [0, 0.1) is 5.92 Å². The standard InChI is InChI=1S/C6H11NO3/c8-6(9)5-2-1-3-7(10)4-5/h5,10H,1-4H2,(H,8,9). The van der Waals surface area contributed by atoms with E-state index in [9.17, 15) is 4.79 Å². The van der Waals surface area contributed by atoms with E-state index < -0.39 is 5.97 Å². The van der Waals surface area contributed by atoms with Gasteiger partial charge < -0.3 is 10.3 Å². The highest BCUT2D eigenvalue weighted by atomic mass is 16.5. The number of aliphatic carboxylic acids is 1. The molecule has 58 valence electrons. The van der Waals surface area contributed by atoms with Crippen LogP contribution in [0.2, 0.25) is 0 Å². The van der Waals surface area contributed by atoms with Gasteiger partial charge in [-0.25, -0.2) is 0 Å². The second-order valence-electron chi connectivity index (χ2n) is 2.59. The van der Waals surface area contributed by atoms with Crippen LogP contribution in [0.15, 0.2) is 0 Å². The van der Waals surface area contributed by atoms with Gasteiger partial charge >= 0.3 is 5.97 Å². The van der Waals surface area contributed by atoms with Gasteiger partial charge in [-0.05, 0) is 12.8 Å². The van der Waals surface area contributed by atoms with Gasteiger partial charge in [0.05, 0.1) is 5.92 Å². The molecule has 4 nitrogen and oxygen atoms in total. The van der Waals surface area contributed by atoms with E-state index in [1.807, 2.05) is 0 Å². The molecule has 4 heteroatoms. The maximum Gasteiger partial charge on any atom is 0.307 e. The zero-order valence-electron chi connectivity index (χ0n) is 5.66. The van der Waals surface area contributed by atoms with Crippen molar-refractivity contribution in [2.75, 3.05) is 13.1 Å². The summed E-state index contributed by atoms with van der Waals surface area (Å²) in [5.41, 5.74) is 0. The number of rotatable bonds is 1. The lowest BCUT2D eigenvalue weighted by Crippen LogP contribution is -2.36. The van der Waals surface area contributed by atoms with Gasteiger partial charge in [-0.3, -0.25) is 4.79 Å².